The van der Waals surface area contributed by atoms with Gasteiger partial charge in [-0.3, -0.25) is 4.79 Å². The second-order valence-electron chi connectivity index (χ2n) is 6.83. The van der Waals surface area contributed by atoms with Gasteiger partial charge in [-0.2, -0.15) is 0 Å². The molecule has 0 saturated carbocycles. The lowest BCUT2D eigenvalue weighted by atomic mass is 9.90. The minimum atomic E-state index is -0.0861. The summed E-state index contributed by atoms with van der Waals surface area (Å²) < 4.78 is 0. The normalized spacial score (nSPS) is 12.9. The number of anilines is 1. The first-order valence-electron chi connectivity index (χ1n) is 7.64. The molecule has 0 radical (unpaired) electrons. The quantitative estimate of drug-likeness (QED) is 0.902. The molecular weight excluding hydrogens is 262 g/mol. The first-order chi connectivity index (χ1) is 9.68. The van der Waals surface area contributed by atoms with Crippen LogP contribution in [0.5, 0.6) is 0 Å². The fourth-order valence-corrected chi connectivity index (χ4v) is 2.07. The summed E-state index contributed by atoms with van der Waals surface area (Å²) in [6.07, 6.45) is 1.07. The van der Waals surface area contributed by atoms with Crippen LogP contribution < -0.4 is 5.32 Å². The average molecular weight is 291 g/mol. The second kappa shape index (κ2) is 6.92. The monoisotopic (exact) mass is 291 g/mol. The summed E-state index contributed by atoms with van der Waals surface area (Å²) in [7, 11) is 3.69. The van der Waals surface area contributed by atoms with E-state index in [0.717, 1.165) is 24.5 Å². The molecule has 1 aromatic rings. The van der Waals surface area contributed by atoms with Crippen LogP contribution in [0.1, 0.15) is 57.1 Å². The van der Waals surface area contributed by atoms with Crippen LogP contribution in [-0.4, -0.2) is 36.4 Å². The van der Waals surface area contributed by atoms with E-state index in [1.165, 1.54) is 0 Å². The zero-order valence-corrected chi connectivity index (χ0v) is 14.4. The molecule has 0 fully saturated rings. The molecule has 0 aromatic carbocycles. The molecule has 0 bridgehead atoms. The maximum absolute atomic E-state index is 12.6. The van der Waals surface area contributed by atoms with Crippen molar-refractivity contribution in [1.29, 1.82) is 0 Å². The number of nitrogens with zero attached hydrogens (tertiary/aromatic N) is 2. The molecule has 1 unspecified atom stereocenters. The van der Waals surface area contributed by atoms with Crippen molar-refractivity contribution in [1.82, 2.24) is 9.88 Å². The smallest absolute Gasteiger partial charge is 0.253 e. The molecule has 4 nitrogen and oxygen atoms in total. The molecule has 0 aliphatic heterocycles. The Hall–Kier alpha value is -1.58. The molecule has 1 heterocycles. The SMILES string of the molecule is CCC(C)CN(C)C(=O)c1cc(NC)nc(C(C)(C)C)c1. The topological polar surface area (TPSA) is 45.2 Å². The summed E-state index contributed by atoms with van der Waals surface area (Å²) in [5.74, 6) is 1.30. The molecule has 1 amide bonds. The molecule has 0 aliphatic carbocycles. The third-order valence-corrected chi connectivity index (χ3v) is 3.73. The number of rotatable bonds is 5. The first kappa shape index (κ1) is 17.5. The van der Waals surface area contributed by atoms with Crippen molar-refractivity contribution in [2.45, 2.75) is 46.5 Å². The Morgan fingerprint density at radius 1 is 1.38 bits per heavy atom. The molecule has 0 aliphatic rings. The Morgan fingerprint density at radius 3 is 2.48 bits per heavy atom. The van der Waals surface area contributed by atoms with Crippen molar-refractivity contribution in [2.24, 2.45) is 5.92 Å². The van der Waals surface area contributed by atoms with Gasteiger partial charge in [0.25, 0.3) is 5.91 Å². The fourth-order valence-electron chi connectivity index (χ4n) is 2.07. The maximum atomic E-state index is 12.6. The number of pyridine rings is 1. The van der Waals surface area contributed by atoms with Crippen LogP contribution in [0.4, 0.5) is 5.82 Å². The van der Waals surface area contributed by atoms with E-state index in [1.54, 1.807) is 4.90 Å². The van der Waals surface area contributed by atoms with Gasteiger partial charge in [0, 0.05) is 37.3 Å². The largest absolute Gasteiger partial charge is 0.373 e. The third kappa shape index (κ3) is 4.73. The van der Waals surface area contributed by atoms with Gasteiger partial charge in [-0.1, -0.05) is 41.0 Å². The van der Waals surface area contributed by atoms with Crippen molar-refractivity contribution in [3.63, 3.8) is 0 Å². The van der Waals surface area contributed by atoms with E-state index in [-0.39, 0.29) is 11.3 Å². The zero-order chi connectivity index (χ0) is 16.2. The number of hydrogen-bond donors (Lipinski definition) is 1. The summed E-state index contributed by atoms with van der Waals surface area (Å²) in [4.78, 5) is 19.0. The first-order valence-corrected chi connectivity index (χ1v) is 7.64. The van der Waals surface area contributed by atoms with Crippen LogP contribution in [0.2, 0.25) is 0 Å². The standard InChI is InChI=1S/C17H29N3O/c1-8-12(2)11-20(7)16(21)13-9-14(17(3,4)5)19-15(10-13)18-6/h9-10,12H,8,11H2,1-7H3,(H,18,19). The summed E-state index contributed by atoms with van der Waals surface area (Å²) in [5.41, 5.74) is 1.54. The van der Waals surface area contributed by atoms with Crippen LogP contribution in [0.3, 0.4) is 0 Å². The van der Waals surface area contributed by atoms with Gasteiger partial charge in [-0.15, -0.1) is 0 Å². The summed E-state index contributed by atoms with van der Waals surface area (Å²) in [6, 6.07) is 3.74. The van der Waals surface area contributed by atoms with Gasteiger partial charge < -0.3 is 10.2 Å². The number of nitrogens with one attached hydrogen (secondary N) is 1. The van der Waals surface area contributed by atoms with Gasteiger partial charge in [0.15, 0.2) is 0 Å². The van der Waals surface area contributed by atoms with Crippen molar-refractivity contribution in [3.05, 3.63) is 23.4 Å². The van der Waals surface area contributed by atoms with E-state index in [0.29, 0.717) is 11.5 Å². The van der Waals surface area contributed by atoms with E-state index < -0.39 is 0 Å². The molecule has 0 saturated heterocycles. The molecule has 21 heavy (non-hydrogen) atoms. The molecule has 1 aromatic heterocycles. The predicted octanol–water partition coefficient (Wildman–Crippen LogP) is 3.54. The Morgan fingerprint density at radius 2 is 2.00 bits per heavy atom. The number of hydrogen-bond acceptors (Lipinski definition) is 3. The molecule has 1 rings (SSSR count). The van der Waals surface area contributed by atoms with Gasteiger partial charge in [0.1, 0.15) is 5.82 Å². The number of aromatic nitrogens is 1. The lowest BCUT2D eigenvalue weighted by Crippen LogP contribution is -2.31. The van der Waals surface area contributed by atoms with Crippen LogP contribution in [0.15, 0.2) is 12.1 Å². The van der Waals surface area contributed by atoms with Crippen LogP contribution in [0.25, 0.3) is 0 Å². The van der Waals surface area contributed by atoms with Crippen LogP contribution in [0, 0.1) is 5.92 Å². The van der Waals surface area contributed by atoms with Crippen molar-refractivity contribution >= 4 is 11.7 Å². The van der Waals surface area contributed by atoms with E-state index in [9.17, 15) is 4.79 Å². The third-order valence-electron chi connectivity index (χ3n) is 3.73. The number of amides is 1. The summed E-state index contributed by atoms with van der Waals surface area (Å²) >= 11 is 0. The van der Waals surface area contributed by atoms with Gasteiger partial charge in [0.2, 0.25) is 0 Å². The van der Waals surface area contributed by atoms with E-state index in [4.69, 9.17) is 0 Å². The van der Waals surface area contributed by atoms with Crippen LogP contribution >= 0.6 is 0 Å². The predicted molar refractivity (Wildman–Crippen MR) is 88.9 cm³/mol. The van der Waals surface area contributed by atoms with Gasteiger partial charge >= 0.3 is 0 Å². The van der Waals surface area contributed by atoms with E-state index in [1.807, 2.05) is 26.2 Å². The van der Waals surface area contributed by atoms with Gasteiger partial charge in [-0.25, -0.2) is 4.98 Å². The Bertz CT molecular complexity index is 491. The Balaban J connectivity index is 3.09. The Labute approximate surface area is 129 Å². The lowest BCUT2D eigenvalue weighted by Gasteiger charge is -2.23. The zero-order valence-electron chi connectivity index (χ0n) is 14.4. The molecule has 118 valence electrons. The lowest BCUT2D eigenvalue weighted by molar-refractivity contribution is 0.0774. The molecule has 1 N–H and O–H groups in total. The minimum absolute atomic E-state index is 0.0553. The highest BCUT2D eigenvalue weighted by Gasteiger charge is 2.21. The molecular formula is C17H29N3O. The maximum Gasteiger partial charge on any atom is 0.253 e. The summed E-state index contributed by atoms with van der Waals surface area (Å²) in [5, 5.41) is 3.04. The fraction of sp³-hybridized carbons (Fsp3) is 0.647. The Kier molecular flexibility index (Phi) is 5.76. The van der Waals surface area contributed by atoms with Gasteiger partial charge in [0.05, 0.1) is 0 Å². The van der Waals surface area contributed by atoms with Crippen molar-refractivity contribution in [3.8, 4) is 0 Å². The number of carbonyl (C=O) groups excluding carboxylic acids is 1. The van der Waals surface area contributed by atoms with E-state index in [2.05, 4.69) is 44.9 Å². The summed E-state index contributed by atoms with van der Waals surface area (Å²) in [6.45, 7) is 11.4. The number of carbonyl (C=O) groups is 1. The van der Waals surface area contributed by atoms with E-state index >= 15 is 0 Å². The minimum Gasteiger partial charge on any atom is -0.373 e. The van der Waals surface area contributed by atoms with Crippen LogP contribution in [-0.2, 0) is 5.41 Å². The van der Waals surface area contributed by atoms with Crippen molar-refractivity contribution in [2.75, 3.05) is 26.0 Å². The molecule has 4 heteroatoms. The highest BCUT2D eigenvalue weighted by molar-refractivity contribution is 5.95. The highest BCUT2D eigenvalue weighted by Crippen LogP contribution is 2.24. The average Bonchev–Trinajstić information content (AvgIpc) is 2.44. The van der Waals surface area contributed by atoms with Crippen molar-refractivity contribution < 1.29 is 4.79 Å². The molecule has 1 atom stereocenters. The second-order valence-corrected chi connectivity index (χ2v) is 6.83. The molecule has 0 spiro atoms. The van der Waals surface area contributed by atoms with Gasteiger partial charge in [-0.05, 0) is 18.1 Å². The highest BCUT2D eigenvalue weighted by atomic mass is 16.2.